The first-order valence-corrected chi connectivity index (χ1v) is 12.1. The van der Waals surface area contributed by atoms with Gasteiger partial charge in [0.15, 0.2) is 0 Å². The first kappa shape index (κ1) is 24.4. The summed E-state index contributed by atoms with van der Waals surface area (Å²) in [4.78, 5) is 4.64. The molecule has 0 fully saturated rings. The monoisotopic (exact) mass is 411 g/mol. The summed E-state index contributed by atoms with van der Waals surface area (Å²) in [6.45, 7) is 6.97. The molecule has 0 saturated carbocycles. The van der Waals surface area contributed by atoms with Crippen molar-refractivity contribution >= 4 is 0 Å². The summed E-state index contributed by atoms with van der Waals surface area (Å²) in [6, 6.07) is 12.6. The lowest BCUT2D eigenvalue weighted by atomic mass is 10.1. The molecule has 0 N–H and O–H groups in total. The van der Waals surface area contributed by atoms with E-state index in [1.165, 1.54) is 50.5 Å². The van der Waals surface area contributed by atoms with Crippen molar-refractivity contribution in [3.05, 3.63) is 48.2 Å². The summed E-state index contributed by atoms with van der Waals surface area (Å²) in [5.41, 5.74) is 3.41. The molecule has 166 valence electrons. The van der Waals surface area contributed by atoms with E-state index in [2.05, 4.69) is 55.2 Å². The van der Waals surface area contributed by atoms with E-state index >= 15 is 0 Å². The minimum Gasteiger partial charge on any atom is -0.494 e. The lowest BCUT2D eigenvalue weighted by Crippen LogP contribution is -1.99. The third-order valence-corrected chi connectivity index (χ3v) is 5.39. The van der Waals surface area contributed by atoms with Crippen LogP contribution in [0.5, 0.6) is 5.75 Å². The highest BCUT2D eigenvalue weighted by Gasteiger charge is 2.02. The Morgan fingerprint density at radius 2 is 1.37 bits per heavy atom. The first-order chi connectivity index (χ1) is 14.8. The molecule has 3 heteroatoms. The van der Waals surface area contributed by atoms with Gasteiger partial charge in [-0.25, -0.2) is 0 Å². The maximum Gasteiger partial charge on any atom is 0.119 e. The topological polar surface area (TPSA) is 31.4 Å². The van der Waals surface area contributed by atoms with Crippen molar-refractivity contribution in [2.45, 2.75) is 84.5 Å². The van der Waals surface area contributed by atoms with Crippen LogP contribution in [-0.2, 0) is 11.2 Å². The van der Waals surface area contributed by atoms with E-state index in [0.29, 0.717) is 0 Å². The van der Waals surface area contributed by atoms with Gasteiger partial charge in [-0.2, -0.15) is 0 Å². The Kier molecular flexibility index (Phi) is 12.9. The highest BCUT2D eigenvalue weighted by molar-refractivity contribution is 5.60. The summed E-state index contributed by atoms with van der Waals surface area (Å²) in [5, 5.41) is 0. The van der Waals surface area contributed by atoms with Crippen LogP contribution < -0.4 is 4.74 Å². The predicted octanol–water partition coefficient (Wildman–Crippen LogP) is 7.63. The van der Waals surface area contributed by atoms with E-state index in [1.807, 2.05) is 6.20 Å². The van der Waals surface area contributed by atoms with Crippen molar-refractivity contribution < 1.29 is 9.47 Å². The Labute approximate surface area is 184 Å². The number of pyridine rings is 1. The number of aromatic nitrogens is 1. The lowest BCUT2D eigenvalue weighted by Gasteiger charge is -2.08. The van der Waals surface area contributed by atoms with Gasteiger partial charge in [0.2, 0.25) is 0 Å². The fraction of sp³-hybridized carbons (Fsp3) is 0.593. The standard InChI is InChI=1S/C27H41NO2/c1-3-5-7-8-9-10-11-22-30-26-17-15-25(16-18-26)27-19-14-24(23-28-27)13-12-21-29-20-6-4-2/h14-19,23H,3-13,20-22H2,1-2H3. The number of unbranched alkanes of at least 4 members (excludes halogenated alkanes) is 7. The molecule has 30 heavy (non-hydrogen) atoms. The van der Waals surface area contributed by atoms with Crippen LogP contribution >= 0.6 is 0 Å². The molecule has 0 aliphatic heterocycles. The van der Waals surface area contributed by atoms with Crippen molar-refractivity contribution in [2.24, 2.45) is 0 Å². The average Bonchev–Trinajstić information content (AvgIpc) is 2.79. The fourth-order valence-electron chi connectivity index (χ4n) is 3.44. The maximum absolute atomic E-state index is 5.89. The van der Waals surface area contributed by atoms with Gasteiger partial charge in [0.05, 0.1) is 12.3 Å². The second-order valence-electron chi connectivity index (χ2n) is 8.12. The number of hydrogen-bond acceptors (Lipinski definition) is 3. The van der Waals surface area contributed by atoms with Gasteiger partial charge < -0.3 is 9.47 Å². The molecule has 1 aromatic carbocycles. The molecular weight excluding hydrogens is 370 g/mol. The van der Waals surface area contributed by atoms with Crippen molar-refractivity contribution in [3.8, 4) is 17.0 Å². The highest BCUT2D eigenvalue weighted by Crippen LogP contribution is 2.21. The molecule has 0 unspecified atom stereocenters. The van der Waals surface area contributed by atoms with E-state index < -0.39 is 0 Å². The summed E-state index contributed by atoms with van der Waals surface area (Å²) >= 11 is 0. The van der Waals surface area contributed by atoms with Gasteiger partial charge in [-0.1, -0.05) is 64.9 Å². The molecule has 0 aliphatic rings. The van der Waals surface area contributed by atoms with Crippen LogP contribution in [-0.4, -0.2) is 24.8 Å². The van der Waals surface area contributed by atoms with Gasteiger partial charge in [-0.05, 0) is 61.6 Å². The zero-order chi connectivity index (χ0) is 21.3. The number of rotatable bonds is 17. The van der Waals surface area contributed by atoms with Crippen LogP contribution in [0.1, 0.15) is 83.6 Å². The maximum atomic E-state index is 5.89. The van der Waals surface area contributed by atoms with Crippen molar-refractivity contribution in [1.29, 1.82) is 0 Å². The summed E-state index contributed by atoms with van der Waals surface area (Å²) in [5.74, 6) is 0.949. The Balaban J connectivity index is 1.65. The summed E-state index contributed by atoms with van der Waals surface area (Å²) in [7, 11) is 0. The number of aryl methyl sites for hydroxylation is 1. The van der Waals surface area contributed by atoms with Gasteiger partial charge in [0, 0.05) is 25.0 Å². The number of hydrogen-bond donors (Lipinski definition) is 0. The molecule has 0 aliphatic carbocycles. The van der Waals surface area contributed by atoms with E-state index in [9.17, 15) is 0 Å². The summed E-state index contributed by atoms with van der Waals surface area (Å²) < 4.78 is 11.5. The average molecular weight is 412 g/mol. The Hall–Kier alpha value is -1.87. The molecule has 1 aromatic heterocycles. The van der Waals surface area contributed by atoms with Crippen LogP contribution in [0.25, 0.3) is 11.3 Å². The van der Waals surface area contributed by atoms with Gasteiger partial charge in [0.1, 0.15) is 5.75 Å². The molecular formula is C27H41NO2. The molecule has 1 heterocycles. The van der Waals surface area contributed by atoms with Crippen LogP contribution in [0.3, 0.4) is 0 Å². The zero-order valence-electron chi connectivity index (χ0n) is 19.2. The van der Waals surface area contributed by atoms with Crippen molar-refractivity contribution in [3.63, 3.8) is 0 Å². The second kappa shape index (κ2) is 15.9. The third-order valence-electron chi connectivity index (χ3n) is 5.39. The molecule has 0 radical (unpaired) electrons. The van der Waals surface area contributed by atoms with Gasteiger partial charge in [-0.15, -0.1) is 0 Å². The van der Waals surface area contributed by atoms with Gasteiger partial charge in [-0.3, -0.25) is 4.98 Å². The lowest BCUT2D eigenvalue weighted by molar-refractivity contribution is 0.129. The molecule has 3 nitrogen and oxygen atoms in total. The molecule has 0 amide bonds. The number of benzene rings is 1. The van der Waals surface area contributed by atoms with Crippen molar-refractivity contribution in [1.82, 2.24) is 4.98 Å². The van der Waals surface area contributed by atoms with Crippen LogP contribution in [0, 0.1) is 0 Å². The molecule has 0 spiro atoms. The second-order valence-corrected chi connectivity index (χ2v) is 8.12. The zero-order valence-corrected chi connectivity index (χ0v) is 19.2. The van der Waals surface area contributed by atoms with Crippen molar-refractivity contribution in [2.75, 3.05) is 19.8 Å². The highest BCUT2D eigenvalue weighted by atomic mass is 16.5. The summed E-state index contributed by atoms with van der Waals surface area (Å²) in [6.07, 6.45) is 15.6. The van der Waals surface area contributed by atoms with E-state index in [0.717, 1.165) is 62.5 Å². The van der Waals surface area contributed by atoms with Crippen LogP contribution in [0.4, 0.5) is 0 Å². The fourth-order valence-corrected chi connectivity index (χ4v) is 3.44. The minimum atomic E-state index is 0.808. The number of nitrogens with zero attached hydrogens (tertiary/aromatic N) is 1. The smallest absolute Gasteiger partial charge is 0.119 e. The molecule has 0 bridgehead atoms. The van der Waals surface area contributed by atoms with Crippen LogP contribution in [0.2, 0.25) is 0 Å². The normalized spacial score (nSPS) is 11.0. The van der Waals surface area contributed by atoms with Crippen LogP contribution in [0.15, 0.2) is 42.6 Å². The third kappa shape index (κ3) is 10.2. The van der Waals surface area contributed by atoms with E-state index in [-0.39, 0.29) is 0 Å². The van der Waals surface area contributed by atoms with E-state index in [1.54, 1.807) is 0 Å². The Morgan fingerprint density at radius 1 is 0.667 bits per heavy atom. The minimum absolute atomic E-state index is 0.808. The van der Waals surface area contributed by atoms with E-state index in [4.69, 9.17) is 9.47 Å². The Morgan fingerprint density at radius 3 is 2.07 bits per heavy atom. The molecule has 0 atom stereocenters. The van der Waals surface area contributed by atoms with Gasteiger partial charge in [0.25, 0.3) is 0 Å². The Bertz CT molecular complexity index is 652. The predicted molar refractivity (Wildman–Crippen MR) is 127 cm³/mol. The quantitative estimate of drug-likeness (QED) is 0.251. The largest absolute Gasteiger partial charge is 0.494 e. The first-order valence-electron chi connectivity index (χ1n) is 12.1. The SMILES string of the molecule is CCCCCCCCCOc1ccc(-c2ccc(CCCOCCCC)cn2)cc1. The number of ether oxygens (including phenoxy) is 2. The molecule has 2 rings (SSSR count). The molecule has 2 aromatic rings. The van der Waals surface area contributed by atoms with Gasteiger partial charge >= 0.3 is 0 Å². The molecule has 0 saturated heterocycles.